The molecule has 1 N–H and O–H groups in total. The zero-order chi connectivity index (χ0) is 12.3. The predicted molar refractivity (Wildman–Crippen MR) is 65.0 cm³/mol. The molecular weight excluding hydrogens is 283 g/mol. The first kappa shape index (κ1) is 12.9. The van der Waals surface area contributed by atoms with Crippen molar-refractivity contribution in [2.75, 3.05) is 13.1 Å². The van der Waals surface area contributed by atoms with Crippen LogP contribution < -0.4 is 5.32 Å². The van der Waals surface area contributed by atoms with Gasteiger partial charge in [-0.05, 0) is 0 Å². The van der Waals surface area contributed by atoms with Crippen molar-refractivity contribution >= 4 is 28.7 Å². The standard InChI is InChI=1S/C11H19AsN2O3/c12-8-4-1-2-7-14(10(8)15)17-11(16)9-5-3-6-13-9/h8-9,13H,1-7,12H2/t8-,9?/m0/s1. The van der Waals surface area contributed by atoms with E-state index in [4.69, 9.17) is 4.84 Å². The minimum absolute atomic E-state index is 0.0225. The van der Waals surface area contributed by atoms with Crippen LogP contribution in [0.2, 0.25) is 4.71 Å². The van der Waals surface area contributed by atoms with E-state index in [1.165, 1.54) is 21.9 Å². The van der Waals surface area contributed by atoms with Crippen molar-refractivity contribution in [1.82, 2.24) is 10.4 Å². The average Bonchev–Trinajstić information content (AvgIpc) is 2.80. The van der Waals surface area contributed by atoms with Crippen LogP contribution >= 0.6 is 0 Å². The molecule has 0 saturated carbocycles. The fourth-order valence-corrected chi connectivity index (χ4v) is 3.03. The van der Waals surface area contributed by atoms with Crippen LogP contribution in [0.5, 0.6) is 0 Å². The molecule has 0 radical (unpaired) electrons. The third-order valence-electron chi connectivity index (χ3n) is 3.23. The molecule has 2 fully saturated rings. The molecule has 0 aliphatic carbocycles. The van der Waals surface area contributed by atoms with E-state index in [2.05, 4.69) is 5.32 Å². The molecule has 5 nitrogen and oxygen atoms in total. The number of rotatable bonds is 2. The van der Waals surface area contributed by atoms with Crippen LogP contribution in [0, 0.1) is 0 Å². The molecule has 0 aromatic rings. The molecule has 1 amide bonds. The Kier molecular flexibility index (Phi) is 4.46. The second-order valence-corrected chi connectivity index (χ2v) is 6.29. The Balaban J connectivity index is 1.91. The monoisotopic (exact) mass is 302 g/mol. The average molecular weight is 302 g/mol. The molecule has 2 aliphatic heterocycles. The Morgan fingerprint density at radius 2 is 2.18 bits per heavy atom. The second-order valence-electron chi connectivity index (χ2n) is 4.60. The molecule has 96 valence electrons. The van der Waals surface area contributed by atoms with Gasteiger partial charge in [-0.3, -0.25) is 0 Å². The zero-order valence-corrected chi connectivity index (χ0v) is 12.3. The fraction of sp³-hybridized carbons (Fsp3) is 0.818. The summed E-state index contributed by atoms with van der Waals surface area (Å²) in [6, 6.07) is -0.230. The number of carbonyl (C=O) groups is 2. The summed E-state index contributed by atoms with van der Waals surface area (Å²) >= 11 is 1.42. The molecule has 2 unspecified atom stereocenters. The first-order valence-corrected chi connectivity index (χ1v) is 7.60. The number of hydrogen-bond acceptors (Lipinski definition) is 4. The molecule has 17 heavy (non-hydrogen) atoms. The van der Waals surface area contributed by atoms with Crippen molar-refractivity contribution in [3.05, 3.63) is 0 Å². The van der Waals surface area contributed by atoms with Gasteiger partial charge in [-0.25, -0.2) is 0 Å². The topological polar surface area (TPSA) is 58.6 Å². The van der Waals surface area contributed by atoms with Crippen LogP contribution in [-0.4, -0.2) is 52.9 Å². The van der Waals surface area contributed by atoms with Crippen molar-refractivity contribution in [1.29, 1.82) is 0 Å². The summed E-state index contributed by atoms with van der Waals surface area (Å²) in [4.78, 5) is 29.0. The van der Waals surface area contributed by atoms with Crippen LogP contribution in [0.4, 0.5) is 0 Å². The van der Waals surface area contributed by atoms with Crippen molar-refractivity contribution < 1.29 is 14.4 Å². The number of nitrogens with one attached hydrogen (secondary N) is 1. The molecule has 6 heteroatoms. The molecule has 2 rings (SSSR count). The first-order valence-electron chi connectivity index (χ1n) is 6.20. The molecule has 2 heterocycles. The number of amides is 1. The van der Waals surface area contributed by atoms with Gasteiger partial charge in [-0.15, -0.1) is 0 Å². The van der Waals surface area contributed by atoms with Gasteiger partial charge >= 0.3 is 109 Å². The Labute approximate surface area is 110 Å². The van der Waals surface area contributed by atoms with Gasteiger partial charge in [0.2, 0.25) is 0 Å². The summed E-state index contributed by atoms with van der Waals surface area (Å²) < 4.78 is 0.0225. The summed E-state index contributed by atoms with van der Waals surface area (Å²) in [5.74, 6) is -0.341. The van der Waals surface area contributed by atoms with E-state index < -0.39 is 0 Å². The van der Waals surface area contributed by atoms with Gasteiger partial charge in [0.1, 0.15) is 0 Å². The van der Waals surface area contributed by atoms with E-state index in [0.717, 1.165) is 38.6 Å². The molecule has 0 spiro atoms. The van der Waals surface area contributed by atoms with Gasteiger partial charge in [0.25, 0.3) is 0 Å². The molecular formula is C11H19AsN2O3. The normalized spacial score (nSPS) is 30.2. The summed E-state index contributed by atoms with van der Waals surface area (Å²) in [6.07, 6.45) is 4.66. The number of hydroxylamine groups is 2. The van der Waals surface area contributed by atoms with Crippen molar-refractivity contribution in [2.24, 2.45) is 0 Å². The van der Waals surface area contributed by atoms with Crippen molar-refractivity contribution in [2.45, 2.75) is 42.9 Å². The Morgan fingerprint density at radius 3 is 2.88 bits per heavy atom. The van der Waals surface area contributed by atoms with Crippen LogP contribution in [0.25, 0.3) is 0 Å². The number of nitrogens with zero attached hydrogens (tertiary/aromatic N) is 1. The zero-order valence-electron chi connectivity index (χ0n) is 9.85. The third kappa shape index (κ3) is 3.23. The maximum absolute atomic E-state index is 11.9. The quantitative estimate of drug-likeness (QED) is 0.707. The number of carbonyl (C=O) groups excluding carboxylic acids is 2. The molecule has 0 bridgehead atoms. The van der Waals surface area contributed by atoms with Crippen LogP contribution in [-0.2, 0) is 14.4 Å². The van der Waals surface area contributed by atoms with Crippen molar-refractivity contribution in [3.63, 3.8) is 0 Å². The van der Waals surface area contributed by atoms with Gasteiger partial charge in [-0.2, -0.15) is 0 Å². The summed E-state index contributed by atoms with van der Waals surface area (Å²) in [6.45, 7) is 1.39. The van der Waals surface area contributed by atoms with Crippen LogP contribution in [0.3, 0.4) is 0 Å². The van der Waals surface area contributed by atoms with E-state index in [0.29, 0.717) is 6.54 Å². The minimum atomic E-state index is -0.308. The van der Waals surface area contributed by atoms with Crippen molar-refractivity contribution in [3.8, 4) is 0 Å². The van der Waals surface area contributed by atoms with Gasteiger partial charge in [-0.1, -0.05) is 0 Å². The molecule has 0 aromatic heterocycles. The van der Waals surface area contributed by atoms with Crippen LogP contribution in [0.15, 0.2) is 0 Å². The first-order chi connectivity index (χ1) is 8.18. The number of hydrogen-bond donors (Lipinski definition) is 1. The third-order valence-corrected chi connectivity index (χ3v) is 4.53. The molecule has 2 saturated heterocycles. The summed E-state index contributed by atoms with van der Waals surface area (Å²) in [5, 5.41) is 4.36. The fourth-order valence-electron chi connectivity index (χ4n) is 2.19. The predicted octanol–water partition coefficient (Wildman–Crippen LogP) is -0.369. The maximum atomic E-state index is 11.9. The van der Waals surface area contributed by atoms with Gasteiger partial charge < -0.3 is 0 Å². The summed E-state index contributed by atoms with van der Waals surface area (Å²) in [5.41, 5.74) is 0. The Morgan fingerprint density at radius 1 is 1.35 bits per heavy atom. The van der Waals surface area contributed by atoms with Gasteiger partial charge in [0.15, 0.2) is 0 Å². The van der Waals surface area contributed by atoms with E-state index >= 15 is 0 Å². The van der Waals surface area contributed by atoms with E-state index in [1.54, 1.807) is 0 Å². The van der Waals surface area contributed by atoms with E-state index in [1.807, 2.05) is 0 Å². The van der Waals surface area contributed by atoms with E-state index in [-0.39, 0.29) is 22.6 Å². The molecule has 3 atom stereocenters. The Bertz CT molecular complexity index is 305. The van der Waals surface area contributed by atoms with Crippen LogP contribution in [0.1, 0.15) is 32.1 Å². The summed E-state index contributed by atoms with van der Waals surface area (Å²) in [7, 11) is 0. The van der Waals surface area contributed by atoms with Gasteiger partial charge in [0.05, 0.1) is 0 Å². The SMILES string of the molecule is O=C(ON1CCCC[C@H]([AsH2])C1=O)C1CCCN1. The Hall–Kier alpha value is -0.542. The molecule has 0 aromatic carbocycles. The van der Waals surface area contributed by atoms with E-state index in [9.17, 15) is 9.59 Å². The molecule has 2 aliphatic rings. The second kappa shape index (κ2) is 5.87. The van der Waals surface area contributed by atoms with Gasteiger partial charge in [0, 0.05) is 0 Å².